The van der Waals surface area contributed by atoms with Crippen molar-refractivity contribution in [3.8, 4) is 0 Å². The molecule has 0 radical (unpaired) electrons. The average molecular weight is 404 g/mol. The maximum absolute atomic E-state index is 13.3. The third kappa shape index (κ3) is 4.60. The average Bonchev–Trinajstić information content (AvgIpc) is 3.37. The molecule has 4 rings (SSSR count). The Morgan fingerprint density at radius 2 is 1.79 bits per heavy atom. The van der Waals surface area contributed by atoms with Gasteiger partial charge in [0.15, 0.2) is 0 Å². The normalized spacial score (nSPS) is 25.1. The minimum Gasteiger partial charge on any atom is -0.340 e. The predicted octanol–water partition coefficient (Wildman–Crippen LogP) is 3.47. The lowest BCUT2D eigenvalue weighted by Crippen LogP contribution is -2.48. The fourth-order valence-electron chi connectivity index (χ4n) is 5.13. The summed E-state index contributed by atoms with van der Waals surface area (Å²) in [6.45, 7) is 5.63. The third-order valence-electron chi connectivity index (χ3n) is 6.67. The van der Waals surface area contributed by atoms with Crippen LogP contribution in [-0.4, -0.2) is 71.8 Å². The highest BCUT2D eigenvalue weighted by atomic mass is 32.1. The number of thiophene rings is 1. The summed E-state index contributed by atoms with van der Waals surface area (Å²) in [5, 5.41) is 1.93. The van der Waals surface area contributed by atoms with E-state index in [1.165, 1.54) is 50.0 Å². The number of carbonyl (C=O) groups is 2. The minimum absolute atomic E-state index is 0.0274. The maximum Gasteiger partial charge on any atom is 0.264 e. The summed E-state index contributed by atoms with van der Waals surface area (Å²) in [7, 11) is 0. The maximum atomic E-state index is 13.3. The summed E-state index contributed by atoms with van der Waals surface area (Å²) in [5.41, 5.74) is 0. The van der Waals surface area contributed by atoms with Crippen molar-refractivity contribution in [2.45, 2.75) is 57.4 Å². The Morgan fingerprint density at radius 1 is 0.929 bits per heavy atom. The molecule has 6 heteroatoms. The van der Waals surface area contributed by atoms with E-state index in [4.69, 9.17) is 0 Å². The Morgan fingerprint density at radius 3 is 2.57 bits per heavy atom. The summed E-state index contributed by atoms with van der Waals surface area (Å²) in [6, 6.07) is 3.50. The molecule has 2 amide bonds. The largest absolute Gasteiger partial charge is 0.340 e. The van der Waals surface area contributed by atoms with Crippen molar-refractivity contribution in [3.05, 3.63) is 22.4 Å². The molecule has 2 saturated heterocycles. The predicted molar refractivity (Wildman–Crippen MR) is 113 cm³/mol. The second kappa shape index (κ2) is 9.40. The molecule has 5 nitrogen and oxygen atoms in total. The summed E-state index contributed by atoms with van der Waals surface area (Å²) in [4.78, 5) is 33.2. The molecule has 1 aromatic rings. The number of carbonyl (C=O) groups excluding carboxylic acids is 2. The Balaban J connectivity index is 1.33. The van der Waals surface area contributed by atoms with Gasteiger partial charge in [0, 0.05) is 32.7 Å². The second-order valence-electron chi connectivity index (χ2n) is 8.62. The summed E-state index contributed by atoms with van der Waals surface area (Å²) in [5.74, 6) is 1.05. The third-order valence-corrected chi connectivity index (χ3v) is 7.53. The quantitative estimate of drug-likeness (QED) is 0.773. The van der Waals surface area contributed by atoms with E-state index in [0.29, 0.717) is 6.54 Å². The number of amides is 2. The molecule has 0 N–H and O–H groups in total. The van der Waals surface area contributed by atoms with Gasteiger partial charge in [-0.1, -0.05) is 25.3 Å². The first-order chi connectivity index (χ1) is 13.7. The molecule has 0 spiro atoms. The van der Waals surface area contributed by atoms with Crippen LogP contribution in [0.5, 0.6) is 0 Å². The summed E-state index contributed by atoms with van der Waals surface area (Å²) in [6.07, 6.45) is 9.71. The minimum atomic E-state index is -0.264. The molecule has 3 heterocycles. The monoisotopic (exact) mass is 403 g/mol. The molecule has 0 bridgehead atoms. The zero-order valence-corrected chi connectivity index (χ0v) is 17.7. The summed E-state index contributed by atoms with van der Waals surface area (Å²) < 4.78 is 0. The van der Waals surface area contributed by atoms with Crippen LogP contribution in [0.15, 0.2) is 17.5 Å². The van der Waals surface area contributed by atoms with Crippen molar-refractivity contribution >= 4 is 23.2 Å². The number of hydrogen-bond donors (Lipinski definition) is 0. The molecule has 28 heavy (non-hydrogen) atoms. The highest BCUT2D eigenvalue weighted by Gasteiger charge is 2.37. The molecular formula is C22H33N3O2S. The van der Waals surface area contributed by atoms with Gasteiger partial charge in [-0.05, 0) is 56.0 Å². The van der Waals surface area contributed by atoms with Gasteiger partial charge in [0.25, 0.3) is 5.91 Å². The fourth-order valence-corrected chi connectivity index (χ4v) is 5.81. The van der Waals surface area contributed by atoms with Crippen LogP contribution in [0.3, 0.4) is 0 Å². The Bertz CT molecular complexity index is 657. The van der Waals surface area contributed by atoms with Gasteiger partial charge in [-0.2, -0.15) is 0 Å². The lowest BCUT2D eigenvalue weighted by Gasteiger charge is -2.30. The Labute approximate surface area is 172 Å². The van der Waals surface area contributed by atoms with Gasteiger partial charge in [-0.3, -0.25) is 9.59 Å². The van der Waals surface area contributed by atoms with Crippen molar-refractivity contribution in [2.75, 3.05) is 39.3 Å². The smallest absolute Gasteiger partial charge is 0.264 e. The van der Waals surface area contributed by atoms with Gasteiger partial charge < -0.3 is 14.7 Å². The van der Waals surface area contributed by atoms with Crippen LogP contribution < -0.4 is 0 Å². The van der Waals surface area contributed by atoms with Gasteiger partial charge >= 0.3 is 0 Å². The first kappa shape index (κ1) is 19.9. The molecule has 1 saturated carbocycles. The van der Waals surface area contributed by atoms with Crippen LogP contribution in [0.2, 0.25) is 0 Å². The number of rotatable bonds is 4. The van der Waals surface area contributed by atoms with Crippen LogP contribution in [0, 0.1) is 5.92 Å². The van der Waals surface area contributed by atoms with Crippen LogP contribution in [-0.2, 0) is 4.79 Å². The molecule has 1 atom stereocenters. The lowest BCUT2D eigenvalue weighted by molar-refractivity contribution is -0.135. The topological polar surface area (TPSA) is 43.9 Å². The van der Waals surface area contributed by atoms with E-state index in [9.17, 15) is 9.59 Å². The van der Waals surface area contributed by atoms with E-state index in [-0.39, 0.29) is 17.9 Å². The van der Waals surface area contributed by atoms with Crippen LogP contribution in [0.1, 0.15) is 61.0 Å². The standard InChI is InChI=1S/C22H33N3O2S/c26-21(19-9-4-13-25(19)22(27)20-10-5-16-28-20)24-12-6-11-23(14-15-24)17-18-7-2-1-3-8-18/h5,10,16,18-19H,1-4,6-9,11-15,17H2/t19-/m0/s1. The Hall–Kier alpha value is -1.40. The Kier molecular flexibility index (Phi) is 6.68. The van der Waals surface area contributed by atoms with E-state index in [2.05, 4.69) is 4.90 Å². The molecule has 0 aromatic carbocycles. The van der Waals surface area contributed by atoms with Crippen molar-refractivity contribution in [2.24, 2.45) is 5.92 Å². The van der Waals surface area contributed by atoms with E-state index < -0.39 is 0 Å². The number of hydrogen-bond acceptors (Lipinski definition) is 4. The van der Waals surface area contributed by atoms with E-state index in [0.717, 1.165) is 56.2 Å². The second-order valence-corrected chi connectivity index (χ2v) is 9.57. The van der Waals surface area contributed by atoms with Gasteiger partial charge in [0.2, 0.25) is 5.91 Å². The summed E-state index contributed by atoms with van der Waals surface area (Å²) >= 11 is 1.46. The molecule has 0 unspecified atom stereocenters. The SMILES string of the molecule is O=C([C@@H]1CCCN1C(=O)c1cccs1)N1CCCN(CC2CCCCC2)CC1. The van der Waals surface area contributed by atoms with Gasteiger partial charge in [-0.15, -0.1) is 11.3 Å². The lowest BCUT2D eigenvalue weighted by atomic mass is 9.89. The van der Waals surface area contributed by atoms with Crippen molar-refractivity contribution in [1.29, 1.82) is 0 Å². The molecule has 3 fully saturated rings. The molecule has 2 aliphatic heterocycles. The van der Waals surface area contributed by atoms with Gasteiger partial charge in [0.05, 0.1) is 4.88 Å². The highest BCUT2D eigenvalue weighted by molar-refractivity contribution is 7.12. The number of likely N-dealkylation sites (tertiary alicyclic amines) is 1. The zero-order chi connectivity index (χ0) is 19.3. The molecular weight excluding hydrogens is 370 g/mol. The molecule has 1 aliphatic carbocycles. The fraction of sp³-hybridized carbons (Fsp3) is 0.727. The van der Waals surface area contributed by atoms with Crippen molar-refractivity contribution in [3.63, 3.8) is 0 Å². The van der Waals surface area contributed by atoms with Gasteiger partial charge in [-0.25, -0.2) is 0 Å². The van der Waals surface area contributed by atoms with E-state index in [1.54, 1.807) is 0 Å². The zero-order valence-electron chi connectivity index (χ0n) is 16.9. The van der Waals surface area contributed by atoms with Crippen molar-refractivity contribution in [1.82, 2.24) is 14.7 Å². The van der Waals surface area contributed by atoms with Crippen LogP contribution >= 0.6 is 11.3 Å². The van der Waals surface area contributed by atoms with Crippen molar-refractivity contribution < 1.29 is 9.59 Å². The van der Waals surface area contributed by atoms with Crippen LogP contribution in [0.25, 0.3) is 0 Å². The van der Waals surface area contributed by atoms with Crippen LogP contribution in [0.4, 0.5) is 0 Å². The molecule has 3 aliphatic rings. The number of nitrogens with zero attached hydrogens (tertiary/aromatic N) is 3. The highest BCUT2D eigenvalue weighted by Crippen LogP contribution is 2.26. The molecule has 154 valence electrons. The first-order valence-corrected chi connectivity index (χ1v) is 12.0. The van der Waals surface area contributed by atoms with E-state index in [1.807, 2.05) is 27.3 Å². The molecule has 1 aromatic heterocycles. The van der Waals surface area contributed by atoms with E-state index >= 15 is 0 Å². The van der Waals surface area contributed by atoms with Gasteiger partial charge in [0.1, 0.15) is 6.04 Å². The first-order valence-electron chi connectivity index (χ1n) is 11.1.